The van der Waals surface area contributed by atoms with Crippen LogP contribution >= 0.6 is 0 Å². The van der Waals surface area contributed by atoms with Crippen molar-refractivity contribution >= 4 is 11.9 Å². The number of halogens is 3. The number of benzene rings is 2. The molecular formula is C17H16F3N3O2. The number of guanidine groups is 1. The summed E-state index contributed by atoms with van der Waals surface area (Å²) in [6, 6.07) is 14.1. The second kappa shape index (κ2) is 7.69. The predicted octanol–water partition coefficient (Wildman–Crippen LogP) is 2.71. The van der Waals surface area contributed by atoms with Gasteiger partial charge in [0.1, 0.15) is 5.75 Å². The number of carbonyl (C=O) groups is 1. The topological polar surface area (TPSA) is 90.7 Å². The molecule has 5 nitrogen and oxygen atoms in total. The van der Waals surface area contributed by atoms with E-state index < -0.39 is 18.2 Å². The zero-order valence-electron chi connectivity index (χ0n) is 13.0. The molecule has 0 bridgehead atoms. The predicted molar refractivity (Wildman–Crippen MR) is 86.8 cm³/mol. The fourth-order valence-corrected chi connectivity index (χ4v) is 2.30. The molecule has 0 fully saturated rings. The van der Waals surface area contributed by atoms with Crippen molar-refractivity contribution < 1.29 is 22.7 Å². The van der Waals surface area contributed by atoms with E-state index in [4.69, 9.17) is 11.5 Å². The average Bonchev–Trinajstić information content (AvgIpc) is 2.52. The highest BCUT2D eigenvalue weighted by atomic mass is 19.4. The summed E-state index contributed by atoms with van der Waals surface area (Å²) in [4.78, 5) is 15.9. The number of nitrogens with two attached hydrogens (primary N) is 2. The number of amides is 1. The Morgan fingerprint density at radius 2 is 1.64 bits per heavy atom. The molecule has 1 unspecified atom stereocenters. The summed E-state index contributed by atoms with van der Waals surface area (Å²) in [6.45, 7) is 0. The second-order valence-electron chi connectivity index (χ2n) is 5.23. The quantitative estimate of drug-likeness (QED) is 0.640. The van der Waals surface area contributed by atoms with Gasteiger partial charge in [-0.25, -0.2) is 0 Å². The first-order valence-electron chi connectivity index (χ1n) is 7.28. The molecule has 132 valence electrons. The van der Waals surface area contributed by atoms with Gasteiger partial charge in [-0.15, -0.1) is 13.2 Å². The Bertz CT molecular complexity index is 740. The molecule has 2 aromatic rings. The van der Waals surface area contributed by atoms with Gasteiger partial charge in [0.05, 0.1) is 5.92 Å². The molecule has 0 radical (unpaired) electrons. The lowest BCUT2D eigenvalue weighted by Crippen LogP contribution is -2.26. The molecule has 0 spiro atoms. The second-order valence-corrected chi connectivity index (χ2v) is 5.23. The van der Waals surface area contributed by atoms with Crippen LogP contribution in [0, 0.1) is 0 Å². The Labute approximate surface area is 142 Å². The summed E-state index contributed by atoms with van der Waals surface area (Å²) in [5.74, 6) is -1.86. The fraction of sp³-hybridized carbons (Fsp3) is 0.176. The monoisotopic (exact) mass is 351 g/mol. The molecule has 1 atom stereocenters. The maximum atomic E-state index is 12.3. The third-order valence-electron chi connectivity index (χ3n) is 3.34. The van der Waals surface area contributed by atoms with Gasteiger partial charge in [-0.2, -0.15) is 4.99 Å². The van der Waals surface area contributed by atoms with E-state index >= 15 is 0 Å². The summed E-state index contributed by atoms with van der Waals surface area (Å²) in [7, 11) is 0. The third kappa shape index (κ3) is 5.83. The van der Waals surface area contributed by atoms with Gasteiger partial charge < -0.3 is 16.2 Å². The van der Waals surface area contributed by atoms with Crippen LogP contribution in [-0.4, -0.2) is 18.2 Å². The highest BCUT2D eigenvalue weighted by Crippen LogP contribution is 2.26. The maximum Gasteiger partial charge on any atom is 0.573 e. The van der Waals surface area contributed by atoms with Crippen molar-refractivity contribution in [1.82, 2.24) is 0 Å². The fourth-order valence-electron chi connectivity index (χ4n) is 2.30. The van der Waals surface area contributed by atoms with Gasteiger partial charge in [-0.05, 0) is 29.7 Å². The molecule has 0 aliphatic heterocycles. The molecule has 0 aromatic heterocycles. The summed E-state index contributed by atoms with van der Waals surface area (Å²) in [5, 5.41) is 0. The van der Waals surface area contributed by atoms with E-state index in [1.165, 1.54) is 24.3 Å². The van der Waals surface area contributed by atoms with Gasteiger partial charge in [-0.3, -0.25) is 4.79 Å². The molecule has 0 saturated carbocycles. The van der Waals surface area contributed by atoms with E-state index in [9.17, 15) is 18.0 Å². The van der Waals surface area contributed by atoms with E-state index in [1.54, 1.807) is 30.3 Å². The Hall–Kier alpha value is -3.03. The van der Waals surface area contributed by atoms with E-state index in [1.807, 2.05) is 0 Å². The van der Waals surface area contributed by atoms with E-state index in [2.05, 4.69) is 9.73 Å². The zero-order valence-corrected chi connectivity index (χ0v) is 13.0. The highest BCUT2D eigenvalue weighted by molar-refractivity contribution is 5.95. The van der Waals surface area contributed by atoms with Crippen LogP contribution in [-0.2, 0) is 11.2 Å². The van der Waals surface area contributed by atoms with Crippen molar-refractivity contribution in [1.29, 1.82) is 0 Å². The first-order chi connectivity index (χ1) is 11.7. The molecule has 2 aromatic carbocycles. The summed E-state index contributed by atoms with van der Waals surface area (Å²) in [5.41, 5.74) is 11.9. The van der Waals surface area contributed by atoms with Gasteiger partial charge in [-0.1, -0.05) is 42.5 Å². The Kier molecular flexibility index (Phi) is 5.63. The van der Waals surface area contributed by atoms with Crippen LogP contribution in [0.15, 0.2) is 59.6 Å². The van der Waals surface area contributed by atoms with Crippen LogP contribution in [0.4, 0.5) is 13.2 Å². The number of rotatable bonds is 5. The number of ether oxygens (including phenoxy) is 1. The first kappa shape index (κ1) is 18.3. The van der Waals surface area contributed by atoms with E-state index in [0.29, 0.717) is 11.1 Å². The van der Waals surface area contributed by atoms with Crippen molar-refractivity contribution in [2.24, 2.45) is 16.5 Å². The lowest BCUT2D eigenvalue weighted by atomic mass is 9.91. The zero-order chi connectivity index (χ0) is 18.4. The minimum Gasteiger partial charge on any atom is -0.406 e. The average molecular weight is 351 g/mol. The minimum atomic E-state index is -4.75. The van der Waals surface area contributed by atoms with Crippen LogP contribution in [0.5, 0.6) is 5.75 Å². The molecule has 1 amide bonds. The van der Waals surface area contributed by atoms with Crippen LogP contribution in [0.25, 0.3) is 0 Å². The van der Waals surface area contributed by atoms with Crippen LogP contribution < -0.4 is 16.2 Å². The van der Waals surface area contributed by atoms with E-state index in [-0.39, 0.29) is 18.1 Å². The van der Waals surface area contributed by atoms with Gasteiger partial charge in [0, 0.05) is 0 Å². The first-order valence-corrected chi connectivity index (χ1v) is 7.28. The molecule has 0 aliphatic rings. The molecule has 0 saturated heterocycles. The van der Waals surface area contributed by atoms with Crippen molar-refractivity contribution in [3.05, 3.63) is 65.7 Å². The van der Waals surface area contributed by atoms with E-state index in [0.717, 1.165) is 0 Å². The van der Waals surface area contributed by atoms with Crippen LogP contribution in [0.3, 0.4) is 0 Å². The smallest absolute Gasteiger partial charge is 0.406 e. The molecule has 0 aliphatic carbocycles. The number of alkyl halides is 3. The van der Waals surface area contributed by atoms with Crippen molar-refractivity contribution in [3.63, 3.8) is 0 Å². The molecule has 25 heavy (non-hydrogen) atoms. The highest BCUT2D eigenvalue weighted by Gasteiger charge is 2.31. The van der Waals surface area contributed by atoms with Crippen LogP contribution in [0.2, 0.25) is 0 Å². The Balaban J connectivity index is 2.22. The van der Waals surface area contributed by atoms with Crippen molar-refractivity contribution in [2.45, 2.75) is 18.7 Å². The standard InChI is InChI=1S/C17H16F3N3O2/c18-17(19,20)25-13-8-6-11(7-9-13)10-14(15(24)23-16(21)22)12-4-2-1-3-5-12/h1-9,14H,10H2,(H4,21,22,23,24). The number of hydrogen-bond acceptors (Lipinski definition) is 2. The van der Waals surface area contributed by atoms with Crippen LogP contribution in [0.1, 0.15) is 17.0 Å². The minimum absolute atomic E-state index is 0.228. The van der Waals surface area contributed by atoms with Gasteiger partial charge in [0.15, 0.2) is 5.96 Å². The molecular weight excluding hydrogens is 335 g/mol. The third-order valence-corrected chi connectivity index (χ3v) is 3.34. The van der Waals surface area contributed by atoms with Gasteiger partial charge in [0.2, 0.25) is 0 Å². The maximum absolute atomic E-state index is 12.3. The SMILES string of the molecule is NC(N)=NC(=O)C(Cc1ccc(OC(F)(F)F)cc1)c1ccccc1. The normalized spacial score (nSPS) is 12.3. The van der Waals surface area contributed by atoms with Crippen molar-refractivity contribution in [3.8, 4) is 5.75 Å². The number of nitrogens with zero attached hydrogens (tertiary/aromatic N) is 1. The lowest BCUT2D eigenvalue weighted by Gasteiger charge is -2.15. The Morgan fingerprint density at radius 3 is 2.16 bits per heavy atom. The summed E-state index contributed by atoms with van der Waals surface area (Å²) < 4.78 is 40.4. The lowest BCUT2D eigenvalue weighted by molar-refractivity contribution is -0.274. The number of aliphatic imine (C=N–C) groups is 1. The number of hydrogen-bond donors (Lipinski definition) is 2. The van der Waals surface area contributed by atoms with Gasteiger partial charge >= 0.3 is 6.36 Å². The Morgan fingerprint density at radius 1 is 1.04 bits per heavy atom. The largest absolute Gasteiger partial charge is 0.573 e. The number of carbonyl (C=O) groups excluding carboxylic acids is 1. The molecule has 8 heteroatoms. The molecule has 2 rings (SSSR count). The molecule has 0 heterocycles. The van der Waals surface area contributed by atoms with Gasteiger partial charge in [0.25, 0.3) is 5.91 Å². The van der Waals surface area contributed by atoms with Crippen molar-refractivity contribution in [2.75, 3.05) is 0 Å². The summed E-state index contributed by atoms with van der Waals surface area (Å²) >= 11 is 0. The molecule has 4 N–H and O–H groups in total. The summed E-state index contributed by atoms with van der Waals surface area (Å²) in [6.07, 6.45) is -4.52.